The van der Waals surface area contributed by atoms with E-state index in [1.165, 1.54) is 0 Å². The number of fused-ring (bicyclic) bond motifs is 1. The zero-order valence-electron chi connectivity index (χ0n) is 10.6. The molecule has 0 atom stereocenters. The maximum atomic E-state index is 10.7. The van der Waals surface area contributed by atoms with Crippen LogP contribution < -0.4 is 4.74 Å². The van der Waals surface area contributed by atoms with Crippen LogP contribution in [-0.2, 0) is 11.2 Å². The number of aliphatic carboxylic acids is 1. The minimum atomic E-state index is -0.862. The summed E-state index contributed by atoms with van der Waals surface area (Å²) in [7, 11) is 0. The van der Waals surface area contributed by atoms with Gasteiger partial charge in [-0.05, 0) is 29.8 Å². The van der Waals surface area contributed by atoms with Gasteiger partial charge in [0.1, 0.15) is 11.4 Å². The number of hydrogen-bond donors (Lipinski definition) is 1. The van der Waals surface area contributed by atoms with Crippen LogP contribution in [0, 0.1) is 0 Å². The fraction of sp³-hybridized carbons (Fsp3) is 0.0667. The van der Waals surface area contributed by atoms with Gasteiger partial charge in [-0.25, -0.2) is 4.98 Å². The Morgan fingerprint density at radius 3 is 2.95 bits per heavy atom. The van der Waals surface area contributed by atoms with Gasteiger partial charge in [0.25, 0.3) is 0 Å². The first-order valence-electron chi connectivity index (χ1n) is 6.13. The molecule has 5 nitrogen and oxygen atoms in total. The number of nitrogens with zero attached hydrogens (tertiary/aromatic N) is 2. The summed E-state index contributed by atoms with van der Waals surface area (Å²) in [4.78, 5) is 14.9. The molecule has 0 fully saturated rings. The van der Waals surface area contributed by atoms with E-state index in [1.807, 2.05) is 28.8 Å². The number of benzene rings is 1. The summed E-state index contributed by atoms with van der Waals surface area (Å²) in [6, 6.07) is 12.6. The number of ether oxygens (including phenoxy) is 1. The van der Waals surface area contributed by atoms with Crippen LogP contribution in [0.3, 0.4) is 0 Å². The molecular weight excluding hydrogens is 256 g/mol. The Bertz CT molecular complexity index is 764. The molecule has 0 spiro atoms. The fourth-order valence-corrected chi connectivity index (χ4v) is 2.02. The number of imidazole rings is 1. The summed E-state index contributed by atoms with van der Waals surface area (Å²) < 4.78 is 7.63. The van der Waals surface area contributed by atoms with Crippen LogP contribution in [-0.4, -0.2) is 20.5 Å². The summed E-state index contributed by atoms with van der Waals surface area (Å²) in [5.74, 6) is 0.372. The monoisotopic (exact) mass is 268 g/mol. The Labute approximate surface area is 115 Å². The van der Waals surface area contributed by atoms with E-state index in [2.05, 4.69) is 4.98 Å². The van der Waals surface area contributed by atoms with E-state index < -0.39 is 5.97 Å². The van der Waals surface area contributed by atoms with Gasteiger partial charge in [0, 0.05) is 12.4 Å². The molecule has 5 heteroatoms. The number of aromatic nitrogens is 2. The summed E-state index contributed by atoms with van der Waals surface area (Å²) in [6.07, 6.45) is 3.49. The summed E-state index contributed by atoms with van der Waals surface area (Å²) >= 11 is 0. The molecule has 1 aromatic carbocycles. The highest BCUT2D eigenvalue weighted by molar-refractivity contribution is 5.70. The normalized spacial score (nSPS) is 10.6. The van der Waals surface area contributed by atoms with Crippen LogP contribution in [0.4, 0.5) is 0 Å². The quantitative estimate of drug-likeness (QED) is 0.790. The Hall–Kier alpha value is -2.82. The number of hydrogen-bond acceptors (Lipinski definition) is 3. The molecule has 0 aliphatic carbocycles. The molecule has 0 saturated heterocycles. The van der Waals surface area contributed by atoms with Gasteiger partial charge in [0.2, 0.25) is 5.88 Å². The van der Waals surface area contributed by atoms with E-state index in [0.717, 1.165) is 5.65 Å². The molecule has 2 heterocycles. The number of rotatable bonds is 4. The molecule has 0 amide bonds. The molecule has 2 aromatic heterocycles. The van der Waals surface area contributed by atoms with Crippen molar-refractivity contribution in [3.8, 4) is 11.6 Å². The first-order chi connectivity index (χ1) is 9.72. The van der Waals surface area contributed by atoms with Crippen LogP contribution in [0.2, 0.25) is 0 Å². The SMILES string of the molecule is O=C(O)Cc1cccc(Oc2cccc3nccn23)c1. The predicted molar refractivity (Wildman–Crippen MR) is 73.0 cm³/mol. The van der Waals surface area contributed by atoms with Gasteiger partial charge >= 0.3 is 5.97 Å². The lowest BCUT2D eigenvalue weighted by molar-refractivity contribution is -0.136. The Morgan fingerprint density at radius 2 is 2.10 bits per heavy atom. The van der Waals surface area contributed by atoms with E-state index in [4.69, 9.17) is 9.84 Å². The summed E-state index contributed by atoms with van der Waals surface area (Å²) in [6.45, 7) is 0. The largest absolute Gasteiger partial charge is 0.481 e. The third-order valence-electron chi connectivity index (χ3n) is 2.87. The molecule has 0 unspecified atom stereocenters. The standard InChI is InChI=1S/C15H12N2O3/c18-15(19)10-11-3-1-4-12(9-11)20-14-6-2-5-13-16-7-8-17(13)14/h1-9H,10H2,(H,18,19). The second-order valence-corrected chi connectivity index (χ2v) is 4.34. The van der Waals surface area contributed by atoms with Crippen LogP contribution in [0.1, 0.15) is 5.56 Å². The maximum absolute atomic E-state index is 10.7. The Balaban J connectivity index is 1.91. The number of carbonyl (C=O) groups is 1. The van der Waals surface area contributed by atoms with Crippen molar-refractivity contribution in [2.24, 2.45) is 0 Å². The molecular formula is C15H12N2O3. The minimum Gasteiger partial charge on any atom is -0.481 e. The van der Waals surface area contributed by atoms with E-state index in [-0.39, 0.29) is 6.42 Å². The molecule has 3 aromatic rings. The fourth-order valence-electron chi connectivity index (χ4n) is 2.02. The third-order valence-corrected chi connectivity index (χ3v) is 2.87. The highest BCUT2D eigenvalue weighted by Crippen LogP contribution is 2.23. The number of pyridine rings is 1. The second kappa shape index (κ2) is 5.05. The van der Waals surface area contributed by atoms with Crippen LogP contribution in [0.25, 0.3) is 5.65 Å². The average molecular weight is 268 g/mol. The van der Waals surface area contributed by atoms with Gasteiger partial charge < -0.3 is 9.84 Å². The molecule has 1 N–H and O–H groups in total. The molecule has 0 saturated carbocycles. The Kier molecular flexibility index (Phi) is 3.09. The molecule has 3 rings (SSSR count). The zero-order valence-corrected chi connectivity index (χ0v) is 10.6. The van der Waals surface area contributed by atoms with Crippen LogP contribution in [0.15, 0.2) is 54.9 Å². The van der Waals surface area contributed by atoms with E-state index in [0.29, 0.717) is 17.2 Å². The topological polar surface area (TPSA) is 63.8 Å². The van der Waals surface area contributed by atoms with Crippen LogP contribution in [0.5, 0.6) is 11.6 Å². The molecule has 0 radical (unpaired) electrons. The van der Waals surface area contributed by atoms with Gasteiger partial charge in [-0.3, -0.25) is 9.20 Å². The van der Waals surface area contributed by atoms with Crippen molar-refractivity contribution in [3.05, 3.63) is 60.4 Å². The van der Waals surface area contributed by atoms with Gasteiger partial charge in [-0.2, -0.15) is 0 Å². The van der Waals surface area contributed by atoms with Gasteiger partial charge in [0.05, 0.1) is 6.42 Å². The highest BCUT2D eigenvalue weighted by atomic mass is 16.5. The summed E-state index contributed by atoms with van der Waals surface area (Å²) in [5, 5.41) is 8.81. The third kappa shape index (κ3) is 2.47. The van der Waals surface area contributed by atoms with E-state index in [1.54, 1.807) is 30.5 Å². The predicted octanol–water partition coefficient (Wildman–Crippen LogP) is 2.75. The Morgan fingerprint density at radius 1 is 1.25 bits per heavy atom. The van der Waals surface area contributed by atoms with E-state index >= 15 is 0 Å². The molecule has 100 valence electrons. The summed E-state index contributed by atoms with van der Waals surface area (Å²) in [5.41, 5.74) is 1.50. The second-order valence-electron chi connectivity index (χ2n) is 4.34. The van der Waals surface area contributed by atoms with Gasteiger partial charge in [-0.1, -0.05) is 18.2 Å². The highest BCUT2D eigenvalue weighted by Gasteiger charge is 2.05. The number of carboxylic acids is 1. The average Bonchev–Trinajstić information content (AvgIpc) is 2.88. The van der Waals surface area contributed by atoms with Crippen molar-refractivity contribution >= 4 is 11.6 Å². The molecule has 0 aliphatic heterocycles. The van der Waals surface area contributed by atoms with Crippen LogP contribution >= 0.6 is 0 Å². The lowest BCUT2D eigenvalue weighted by Gasteiger charge is -2.08. The molecule has 0 bridgehead atoms. The lowest BCUT2D eigenvalue weighted by Crippen LogP contribution is -2.00. The first-order valence-corrected chi connectivity index (χ1v) is 6.13. The van der Waals surface area contributed by atoms with Crippen molar-refractivity contribution in [2.45, 2.75) is 6.42 Å². The zero-order chi connectivity index (χ0) is 13.9. The van der Waals surface area contributed by atoms with Crippen molar-refractivity contribution < 1.29 is 14.6 Å². The van der Waals surface area contributed by atoms with Crippen molar-refractivity contribution in [1.29, 1.82) is 0 Å². The van der Waals surface area contributed by atoms with Gasteiger partial charge in [-0.15, -0.1) is 0 Å². The first kappa shape index (κ1) is 12.2. The molecule has 20 heavy (non-hydrogen) atoms. The smallest absolute Gasteiger partial charge is 0.307 e. The molecule has 0 aliphatic rings. The van der Waals surface area contributed by atoms with Gasteiger partial charge in [0.15, 0.2) is 0 Å². The van der Waals surface area contributed by atoms with Crippen molar-refractivity contribution in [2.75, 3.05) is 0 Å². The maximum Gasteiger partial charge on any atom is 0.307 e. The minimum absolute atomic E-state index is 0.0214. The lowest BCUT2D eigenvalue weighted by atomic mass is 10.1. The number of carboxylic acid groups (broad SMARTS) is 1. The van der Waals surface area contributed by atoms with Crippen molar-refractivity contribution in [3.63, 3.8) is 0 Å². The van der Waals surface area contributed by atoms with Crippen molar-refractivity contribution in [1.82, 2.24) is 9.38 Å². The van der Waals surface area contributed by atoms with E-state index in [9.17, 15) is 4.79 Å².